The van der Waals surface area contributed by atoms with E-state index in [9.17, 15) is 8.42 Å². The molecule has 0 fully saturated rings. The highest BCUT2D eigenvalue weighted by atomic mass is 79.9. The summed E-state index contributed by atoms with van der Waals surface area (Å²) in [6, 6.07) is 1.30. The second kappa shape index (κ2) is 6.16. The average molecular weight is 342 g/mol. The summed E-state index contributed by atoms with van der Waals surface area (Å²) in [5.41, 5.74) is 0. The standard InChI is InChI=1S/C10H16BrNO5S/c1-7(16-3)5-12(2)18(14,15)9-4-8(6-13)17-10(9)11/h4,7,13H,5-6H2,1-3H3. The third-order valence-electron chi connectivity index (χ3n) is 2.47. The Balaban J connectivity index is 3.01. The van der Waals surface area contributed by atoms with E-state index in [1.807, 2.05) is 0 Å². The summed E-state index contributed by atoms with van der Waals surface area (Å²) in [4.78, 5) is -0.00245. The van der Waals surface area contributed by atoms with E-state index >= 15 is 0 Å². The van der Waals surface area contributed by atoms with Crippen molar-refractivity contribution in [3.05, 3.63) is 16.5 Å². The molecule has 1 unspecified atom stereocenters. The molecule has 0 aliphatic heterocycles. The molecule has 1 aromatic heterocycles. The highest BCUT2D eigenvalue weighted by Crippen LogP contribution is 2.28. The van der Waals surface area contributed by atoms with Crippen LogP contribution in [0.15, 0.2) is 20.0 Å². The fourth-order valence-electron chi connectivity index (χ4n) is 1.35. The zero-order valence-electron chi connectivity index (χ0n) is 10.4. The van der Waals surface area contributed by atoms with Gasteiger partial charge in [-0.3, -0.25) is 0 Å². The molecule has 0 amide bonds. The highest BCUT2D eigenvalue weighted by molar-refractivity contribution is 9.10. The number of rotatable bonds is 6. The Hall–Kier alpha value is -0.410. The summed E-state index contributed by atoms with van der Waals surface area (Å²) in [5, 5.41) is 8.92. The zero-order chi connectivity index (χ0) is 13.9. The van der Waals surface area contributed by atoms with Crippen molar-refractivity contribution < 1.29 is 22.7 Å². The molecule has 1 N–H and O–H groups in total. The van der Waals surface area contributed by atoms with E-state index in [1.165, 1.54) is 24.5 Å². The molecule has 0 radical (unpaired) electrons. The fraction of sp³-hybridized carbons (Fsp3) is 0.600. The summed E-state index contributed by atoms with van der Waals surface area (Å²) in [5.74, 6) is 0.189. The van der Waals surface area contributed by atoms with Crippen LogP contribution in [0, 0.1) is 0 Å². The Morgan fingerprint density at radius 2 is 2.22 bits per heavy atom. The minimum Gasteiger partial charge on any atom is -0.450 e. The molecular weight excluding hydrogens is 326 g/mol. The predicted molar refractivity (Wildman–Crippen MR) is 68.6 cm³/mol. The van der Waals surface area contributed by atoms with Crippen molar-refractivity contribution in [3.8, 4) is 0 Å². The van der Waals surface area contributed by atoms with Gasteiger partial charge in [-0.05, 0) is 22.9 Å². The number of nitrogens with zero attached hydrogens (tertiary/aromatic N) is 1. The van der Waals surface area contributed by atoms with E-state index in [1.54, 1.807) is 6.92 Å². The number of hydrogen-bond donors (Lipinski definition) is 1. The van der Waals surface area contributed by atoms with Crippen molar-refractivity contribution in [3.63, 3.8) is 0 Å². The number of ether oxygens (including phenoxy) is 1. The molecule has 0 saturated heterocycles. The van der Waals surface area contributed by atoms with Gasteiger partial charge in [-0.1, -0.05) is 0 Å². The van der Waals surface area contributed by atoms with Gasteiger partial charge in [0, 0.05) is 26.8 Å². The summed E-state index contributed by atoms with van der Waals surface area (Å²) >= 11 is 3.03. The third-order valence-corrected chi connectivity index (χ3v) is 5.15. The fourth-order valence-corrected chi connectivity index (χ4v) is 3.56. The van der Waals surface area contributed by atoms with Crippen LogP contribution in [0.25, 0.3) is 0 Å². The van der Waals surface area contributed by atoms with Crippen LogP contribution >= 0.6 is 15.9 Å². The molecule has 0 aromatic carbocycles. The maximum Gasteiger partial charge on any atom is 0.247 e. The van der Waals surface area contributed by atoms with Crippen molar-refractivity contribution in [2.75, 3.05) is 20.7 Å². The molecule has 6 nitrogen and oxygen atoms in total. The molecule has 0 saturated carbocycles. The maximum absolute atomic E-state index is 12.2. The van der Waals surface area contributed by atoms with E-state index < -0.39 is 10.0 Å². The van der Waals surface area contributed by atoms with Gasteiger partial charge in [-0.25, -0.2) is 8.42 Å². The van der Waals surface area contributed by atoms with Crippen molar-refractivity contribution in [2.45, 2.75) is 24.5 Å². The van der Waals surface area contributed by atoms with Gasteiger partial charge >= 0.3 is 0 Å². The van der Waals surface area contributed by atoms with Crippen LogP contribution in [0.3, 0.4) is 0 Å². The molecule has 1 heterocycles. The molecule has 0 aliphatic carbocycles. The van der Waals surface area contributed by atoms with Gasteiger partial charge in [-0.15, -0.1) is 0 Å². The maximum atomic E-state index is 12.2. The first-order valence-corrected chi connectivity index (χ1v) is 7.44. The van der Waals surface area contributed by atoms with Crippen LogP contribution in [-0.4, -0.2) is 44.6 Å². The summed E-state index contributed by atoms with van der Waals surface area (Å²) in [7, 11) is -0.685. The normalized spacial score (nSPS) is 14.1. The van der Waals surface area contributed by atoms with E-state index in [0.29, 0.717) is 0 Å². The molecule has 1 rings (SSSR count). The van der Waals surface area contributed by atoms with Gasteiger partial charge < -0.3 is 14.3 Å². The summed E-state index contributed by atoms with van der Waals surface area (Å²) in [6.45, 7) is 1.65. The zero-order valence-corrected chi connectivity index (χ0v) is 12.8. The molecule has 0 bridgehead atoms. The van der Waals surface area contributed by atoms with Gasteiger partial charge in [-0.2, -0.15) is 4.31 Å². The van der Waals surface area contributed by atoms with Crippen molar-refractivity contribution in [2.24, 2.45) is 0 Å². The number of sulfonamides is 1. The lowest BCUT2D eigenvalue weighted by atomic mass is 10.4. The van der Waals surface area contributed by atoms with E-state index in [-0.39, 0.29) is 34.6 Å². The lowest BCUT2D eigenvalue weighted by molar-refractivity contribution is 0.104. The van der Waals surface area contributed by atoms with Crippen molar-refractivity contribution in [1.29, 1.82) is 0 Å². The SMILES string of the molecule is COC(C)CN(C)S(=O)(=O)c1cc(CO)oc1Br. The topological polar surface area (TPSA) is 80.0 Å². The Morgan fingerprint density at radius 1 is 1.61 bits per heavy atom. The second-order valence-corrected chi connectivity index (χ2v) is 6.57. The minimum absolute atomic E-state index is 0.00245. The number of methoxy groups -OCH3 is 1. The second-order valence-electron chi connectivity index (χ2n) is 3.84. The first kappa shape index (κ1) is 15.6. The van der Waals surface area contributed by atoms with Gasteiger partial charge in [0.15, 0.2) is 4.67 Å². The van der Waals surface area contributed by atoms with Crippen molar-refractivity contribution in [1.82, 2.24) is 4.31 Å². The van der Waals surface area contributed by atoms with Crippen LogP contribution in [0.1, 0.15) is 12.7 Å². The number of likely N-dealkylation sites (N-methyl/N-ethyl adjacent to an activating group) is 1. The first-order chi connectivity index (χ1) is 8.32. The van der Waals surface area contributed by atoms with E-state index in [4.69, 9.17) is 14.3 Å². The van der Waals surface area contributed by atoms with Gasteiger partial charge in [0.2, 0.25) is 10.0 Å². The highest BCUT2D eigenvalue weighted by Gasteiger charge is 2.27. The van der Waals surface area contributed by atoms with Crippen LogP contribution in [0.5, 0.6) is 0 Å². The number of hydrogen-bond acceptors (Lipinski definition) is 5. The van der Waals surface area contributed by atoms with Gasteiger partial charge in [0.1, 0.15) is 17.3 Å². The van der Waals surface area contributed by atoms with E-state index in [2.05, 4.69) is 15.9 Å². The Kier molecular flexibility index (Phi) is 5.35. The molecule has 0 spiro atoms. The lowest BCUT2D eigenvalue weighted by Crippen LogP contribution is -2.33. The molecular formula is C10H16BrNO5S. The Labute approximate surface area is 115 Å². The molecule has 1 aromatic rings. The monoisotopic (exact) mass is 341 g/mol. The van der Waals surface area contributed by atoms with Gasteiger partial charge in [0.05, 0.1) is 6.10 Å². The number of halogens is 1. The molecule has 18 heavy (non-hydrogen) atoms. The van der Waals surface area contributed by atoms with Crippen LogP contribution in [-0.2, 0) is 21.4 Å². The Bertz CT molecular complexity index is 498. The van der Waals surface area contributed by atoms with Crippen LogP contribution < -0.4 is 0 Å². The smallest absolute Gasteiger partial charge is 0.247 e. The first-order valence-electron chi connectivity index (χ1n) is 5.21. The molecule has 0 aliphatic rings. The van der Waals surface area contributed by atoms with Crippen LogP contribution in [0.4, 0.5) is 0 Å². The third kappa shape index (κ3) is 3.33. The summed E-state index contributed by atoms with van der Waals surface area (Å²) in [6.07, 6.45) is -0.215. The largest absolute Gasteiger partial charge is 0.450 e. The molecule has 8 heteroatoms. The Morgan fingerprint density at radius 3 is 2.67 bits per heavy atom. The molecule has 104 valence electrons. The average Bonchev–Trinajstić information content (AvgIpc) is 2.70. The predicted octanol–water partition coefficient (Wildman–Crippen LogP) is 1.19. The van der Waals surface area contributed by atoms with E-state index in [0.717, 1.165) is 0 Å². The lowest BCUT2D eigenvalue weighted by Gasteiger charge is -2.19. The van der Waals surface area contributed by atoms with Gasteiger partial charge in [0.25, 0.3) is 0 Å². The van der Waals surface area contributed by atoms with Crippen molar-refractivity contribution >= 4 is 26.0 Å². The molecule has 1 atom stereocenters. The quantitative estimate of drug-likeness (QED) is 0.840. The van der Waals surface area contributed by atoms with Crippen LogP contribution in [0.2, 0.25) is 0 Å². The number of furan rings is 1. The minimum atomic E-state index is -3.66. The number of aliphatic hydroxyl groups is 1. The number of aliphatic hydroxyl groups excluding tert-OH is 1. The summed E-state index contributed by atoms with van der Waals surface area (Å²) < 4.78 is 35.8.